The second-order valence-corrected chi connectivity index (χ2v) is 5.17. The predicted molar refractivity (Wildman–Crippen MR) is 82.7 cm³/mol. The summed E-state index contributed by atoms with van der Waals surface area (Å²) in [6, 6.07) is 11.7. The van der Waals surface area contributed by atoms with Crippen molar-refractivity contribution >= 4 is 44.8 Å². The van der Waals surface area contributed by atoms with Crippen LogP contribution in [-0.2, 0) is 0 Å². The van der Waals surface area contributed by atoms with Gasteiger partial charge in [-0.3, -0.25) is 4.79 Å². The zero-order chi connectivity index (χ0) is 14.7. The lowest BCUT2D eigenvalue weighted by molar-refractivity contribution is 0.102. The molecule has 0 aliphatic carbocycles. The number of nitriles is 1. The Labute approximate surface area is 129 Å². The number of rotatable bonds is 2. The van der Waals surface area contributed by atoms with Crippen LogP contribution in [0.1, 0.15) is 15.9 Å². The summed E-state index contributed by atoms with van der Waals surface area (Å²) in [5, 5.41) is 11.9. The minimum Gasteiger partial charge on any atom is -0.398 e. The van der Waals surface area contributed by atoms with E-state index >= 15 is 0 Å². The number of hydrogen-bond acceptors (Lipinski definition) is 3. The average Bonchev–Trinajstić information content (AvgIpc) is 2.43. The summed E-state index contributed by atoms with van der Waals surface area (Å²) in [5.41, 5.74) is 7.42. The second-order valence-electron chi connectivity index (χ2n) is 3.97. The van der Waals surface area contributed by atoms with Crippen molar-refractivity contribution in [2.75, 3.05) is 11.1 Å². The van der Waals surface area contributed by atoms with Gasteiger partial charge in [-0.1, -0.05) is 17.7 Å². The number of halogens is 2. The van der Waals surface area contributed by atoms with Crippen molar-refractivity contribution in [1.29, 1.82) is 5.26 Å². The number of anilines is 2. The number of nitrogens with one attached hydrogen (secondary N) is 1. The normalized spacial score (nSPS) is 9.85. The summed E-state index contributed by atoms with van der Waals surface area (Å²) >= 11 is 9.11. The van der Waals surface area contributed by atoms with Crippen molar-refractivity contribution in [3.05, 3.63) is 57.0 Å². The molecule has 0 aliphatic rings. The molecule has 20 heavy (non-hydrogen) atoms. The van der Waals surface area contributed by atoms with Gasteiger partial charge in [-0.25, -0.2) is 0 Å². The molecule has 2 aromatic carbocycles. The van der Waals surface area contributed by atoms with Gasteiger partial charge >= 0.3 is 0 Å². The van der Waals surface area contributed by atoms with Crippen molar-refractivity contribution in [3.63, 3.8) is 0 Å². The summed E-state index contributed by atoms with van der Waals surface area (Å²) in [5.74, 6) is -0.324. The van der Waals surface area contributed by atoms with Crippen LogP contribution in [0, 0.1) is 11.3 Å². The first kappa shape index (κ1) is 14.4. The molecule has 0 aliphatic heterocycles. The largest absolute Gasteiger partial charge is 0.398 e. The number of carbonyl (C=O) groups is 1. The van der Waals surface area contributed by atoms with Crippen molar-refractivity contribution in [1.82, 2.24) is 0 Å². The molecule has 0 unspecified atom stereocenters. The van der Waals surface area contributed by atoms with Crippen LogP contribution in [-0.4, -0.2) is 5.91 Å². The maximum Gasteiger partial charge on any atom is 0.256 e. The van der Waals surface area contributed by atoms with Gasteiger partial charge in [-0.15, -0.1) is 0 Å². The summed E-state index contributed by atoms with van der Waals surface area (Å²) in [4.78, 5) is 12.2. The molecule has 0 saturated carbocycles. The van der Waals surface area contributed by atoms with E-state index in [0.717, 1.165) is 0 Å². The Kier molecular flexibility index (Phi) is 4.28. The highest BCUT2D eigenvalue weighted by Crippen LogP contribution is 2.25. The van der Waals surface area contributed by atoms with E-state index < -0.39 is 0 Å². The van der Waals surface area contributed by atoms with Crippen LogP contribution < -0.4 is 11.1 Å². The third kappa shape index (κ3) is 2.93. The molecule has 1 amide bonds. The number of carbonyl (C=O) groups excluding carboxylic acids is 1. The van der Waals surface area contributed by atoms with Crippen LogP contribution in [0.25, 0.3) is 0 Å². The summed E-state index contributed by atoms with van der Waals surface area (Å²) in [6.07, 6.45) is 0. The Balaban J connectivity index is 2.29. The minimum atomic E-state index is -0.324. The monoisotopic (exact) mass is 349 g/mol. The molecule has 0 spiro atoms. The fourth-order valence-corrected chi connectivity index (χ4v) is 2.22. The molecule has 2 aromatic rings. The van der Waals surface area contributed by atoms with Crippen LogP contribution in [0.4, 0.5) is 11.4 Å². The van der Waals surface area contributed by atoms with Crippen molar-refractivity contribution in [3.8, 4) is 6.07 Å². The number of amides is 1. The standard InChI is InChI=1S/C14H9BrClN3O/c15-13-10(2-1-3-12(13)18)14(20)19-9-4-5-11(16)8(6-9)7-17/h1-6H,18H2,(H,19,20). The molecule has 0 saturated heterocycles. The zero-order valence-corrected chi connectivity index (χ0v) is 12.5. The van der Waals surface area contributed by atoms with Crippen LogP contribution in [0.15, 0.2) is 40.9 Å². The summed E-state index contributed by atoms with van der Waals surface area (Å²) in [6.45, 7) is 0. The molecule has 0 bridgehead atoms. The number of hydrogen-bond donors (Lipinski definition) is 2. The van der Waals surface area contributed by atoms with E-state index in [-0.39, 0.29) is 5.91 Å². The van der Waals surface area contributed by atoms with Gasteiger partial charge in [-0.2, -0.15) is 5.26 Å². The maximum atomic E-state index is 12.2. The second kappa shape index (κ2) is 5.95. The first-order valence-electron chi connectivity index (χ1n) is 5.58. The highest BCUT2D eigenvalue weighted by Gasteiger charge is 2.12. The molecule has 3 N–H and O–H groups in total. The third-order valence-corrected chi connectivity index (χ3v) is 3.83. The third-order valence-electron chi connectivity index (χ3n) is 2.62. The summed E-state index contributed by atoms with van der Waals surface area (Å²) in [7, 11) is 0. The fraction of sp³-hybridized carbons (Fsp3) is 0. The molecule has 0 heterocycles. The molecule has 0 radical (unpaired) electrons. The van der Waals surface area contributed by atoms with E-state index in [2.05, 4.69) is 21.2 Å². The quantitative estimate of drug-likeness (QED) is 0.808. The van der Waals surface area contributed by atoms with Crippen LogP contribution in [0.3, 0.4) is 0 Å². The van der Waals surface area contributed by atoms with Gasteiger partial charge in [0, 0.05) is 11.4 Å². The lowest BCUT2D eigenvalue weighted by Crippen LogP contribution is -2.13. The molecule has 100 valence electrons. The minimum absolute atomic E-state index is 0.302. The predicted octanol–water partition coefficient (Wildman–Crippen LogP) is 3.81. The van der Waals surface area contributed by atoms with Crippen molar-refractivity contribution < 1.29 is 4.79 Å². The first-order valence-corrected chi connectivity index (χ1v) is 6.75. The van der Waals surface area contributed by atoms with Gasteiger partial charge in [0.25, 0.3) is 5.91 Å². The highest BCUT2D eigenvalue weighted by molar-refractivity contribution is 9.10. The molecule has 0 atom stereocenters. The Morgan fingerprint density at radius 1 is 1.35 bits per heavy atom. The maximum absolute atomic E-state index is 12.2. The van der Waals surface area contributed by atoms with E-state index in [4.69, 9.17) is 22.6 Å². The number of nitrogens with two attached hydrogens (primary N) is 1. The lowest BCUT2D eigenvalue weighted by Gasteiger charge is -2.09. The zero-order valence-electron chi connectivity index (χ0n) is 10.2. The number of nitrogens with zero attached hydrogens (tertiary/aromatic N) is 1. The molecule has 0 aromatic heterocycles. The molecular weight excluding hydrogens is 342 g/mol. The highest BCUT2D eigenvalue weighted by atomic mass is 79.9. The lowest BCUT2D eigenvalue weighted by atomic mass is 10.1. The average molecular weight is 351 g/mol. The Morgan fingerprint density at radius 3 is 2.80 bits per heavy atom. The van der Waals surface area contributed by atoms with E-state index in [9.17, 15) is 4.79 Å². The number of benzene rings is 2. The smallest absolute Gasteiger partial charge is 0.256 e. The molecule has 6 heteroatoms. The molecule has 2 rings (SSSR count). The molecule has 4 nitrogen and oxygen atoms in total. The Hall–Kier alpha value is -2.03. The number of nitrogen functional groups attached to an aromatic ring is 1. The van der Waals surface area contributed by atoms with E-state index in [0.29, 0.717) is 32.0 Å². The van der Waals surface area contributed by atoms with Crippen LogP contribution in [0.2, 0.25) is 5.02 Å². The van der Waals surface area contributed by atoms with E-state index in [1.807, 2.05) is 6.07 Å². The summed E-state index contributed by atoms with van der Waals surface area (Å²) < 4.78 is 0.534. The van der Waals surface area contributed by atoms with Gasteiger partial charge in [0.15, 0.2) is 0 Å². The van der Waals surface area contributed by atoms with Crippen molar-refractivity contribution in [2.45, 2.75) is 0 Å². The SMILES string of the molecule is N#Cc1cc(NC(=O)c2cccc(N)c2Br)ccc1Cl. The van der Waals surface area contributed by atoms with Crippen LogP contribution >= 0.6 is 27.5 Å². The topological polar surface area (TPSA) is 78.9 Å². The fourth-order valence-electron chi connectivity index (χ4n) is 1.61. The molecular formula is C14H9BrClN3O. The first-order chi connectivity index (χ1) is 9.52. The van der Waals surface area contributed by atoms with Gasteiger partial charge in [0.05, 0.1) is 20.6 Å². The van der Waals surface area contributed by atoms with Crippen LogP contribution in [0.5, 0.6) is 0 Å². The van der Waals surface area contributed by atoms with Gasteiger partial charge < -0.3 is 11.1 Å². The molecule has 0 fully saturated rings. The van der Waals surface area contributed by atoms with Gasteiger partial charge in [0.2, 0.25) is 0 Å². The van der Waals surface area contributed by atoms with Gasteiger partial charge in [-0.05, 0) is 46.3 Å². The Bertz CT molecular complexity index is 725. The van der Waals surface area contributed by atoms with Gasteiger partial charge in [0.1, 0.15) is 6.07 Å². The van der Waals surface area contributed by atoms with E-state index in [1.165, 1.54) is 6.07 Å². The van der Waals surface area contributed by atoms with E-state index in [1.54, 1.807) is 30.3 Å². The van der Waals surface area contributed by atoms with Crippen molar-refractivity contribution in [2.24, 2.45) is 0 Å². The Morgan fingerprint density at radius 2 is 2.10 bits per heavy atom.